The number of carbonyl (C=O) groups is 1. The third kappa shape index (κ3) is 6.14. The van der Waals surface area contributed by atoms with Crippen LogP contribution in [-0.4, -0.2) is 58.7 Å². The van der Waals surface area contributed by atoms with Gasteiger partial charge in [-0.05, 0) is 113 Å². The summed E-state index contributed by atoms with van der Waals surface area (Å²) in [5.41, 5.74) is 4.67. The van der Waals surface area contributed by atoms with Crippen molar-refractivity contribution in [2.24, 2.45) is 5.92 Å². The molecule has 0 unspecified atom stereocenters. The van der Waals surface area contributed by atoms with Crippen LogP contribution in [0.1, 0.15) is 90.3 Å². The fourth-order valence-electron chi connectivity index (χ4n) is 8.12. The molecule has 0 bridgehead atoms. The fourth-order valence-corrected chi connectivity index (χ4v) is 8.12. The first-order chi connectivity index (χ1) is 23.1. The predicted molar refractivity (Wildman–Crippen MR) is 193 cm³/mol. The van der Waals surface area contributed by atoms with E-state index >= 15 is 0 Å². The molecule has 1 spiro atoms. The molecule has 3 aliphatic heterocycles. The molecule has 1 aromatic carbocycles. The Labute approximate surface area is 285 Å². The van der Waals surface area contributed by atoms with Crippen LogP contribution in [0.3, 0.4) is 0 Å². The van der Waals surface area contributed by atoms with Crippen molar-refractivity contribution in [3.8, 4) is 0 Å². The lowest BCUT2D eigenvalue weighted by atomic mass is 9.72. The number of piperidine rings is 1. The lowest BCUT2D eigenvalue weighted by Crippen LogP contribution is -2.57. The molecule has 7 nitrogen and oxygen atoms in total. The summed E-state index contributed by atoms with van der Waals surface area (Å²) in [7, 11) is 0. The van der Waals surface area contributed by atoms with Crippen molar-refractivity contribution in [3.63, 3.8) is 0 Å². The van der Waals surface area contributed by atoms with Crippen LogP contribution in [0.25, 0.3) is 17.3 Å². The first kappa shape index (κ1) is 34.1. The van der Waals surface area contributed by atoms with Gasteiger partial charge >= 0.3 is 0 Å². The largest absolute Gasteiger partial charge is 0.378 e. The number of amides is 1. The number of hydrogen-bond donors (Lipinski definition) is 1. The lowest BCUT2D eigenvalue weighted by Gasteiger charge is -2.46. The van der Waals surface area contributed by atoms with E-state index in [-0.39, 0.29) is 12.1 Å². The fraction of sp³-hybridized carbons (Fsp3) is 0.500. The minimum atomic E-state index is -0.463. The van der Waals surface area contributed by atoms with Crippen molar-refractivity contribution in [2.75, 3.05) is 31.2 Å². The summed E-state index contributed by atoms with van der Waals surface area (Å²) in [6.45, 7) is 21.8. The molecule has 48 heavy (non-hydrogen) atoms. The summed E-state index contributed by atoms with van der Waals surface area (Å²) < 4.78 is 22.2. The number of rotatable bonds is 11. The Morgan fingerprint density at radius 2 is 1.94 bits per heavy atom. The second-order valence-electron chi connectivity index (χ2n) is 14.4. The Bertz CT molecular complexity index is 1750. The molecule has 4 aliphatic rings. The van der Waals surface area contributed by atoms with E-state index in [2.05, 4.69) is 71.8 Å². The average molecular weight is 654 g/mol. The summed E-state index contributed by atoms with van der Waals surface area (Å²) >= 11 is 0. The molecule has 1 amide bonds. The molecular formula is C40H52FN5O2. The SMILES string of the molecule is C=C/C(F)=C(\C=C/C)N/C(C)=c1/c(=C\C(=C)c2ccc3c(c2)N(C2CC(CCC)C2)C(=O)C32CCN(C3COC3)CC2)ncn1C(C)C. The number of aromatic nitrogens is 2. The number of halogens is 1. The molecule has 0 atom stereocenters. The minimum Gasteiger partial charge on any atom is -0.378 e. The highest BCUT2D eigenvalue weighted by Crippen LogP contribution is 2.52. The molecule has 2 aromatic rings. The molecule has 0 radical (unpaired) electrons. The smallest absolute Gasteiger partial charge is 0.238 e. The van der Waals surface area contributed by atoms with E-state index in [1.165, 1.54) is 24.5 Å². The molecule has 3 fully saturated rings. The summed E-state index contributed by atoms with van der Waals surface area (Å²) in [5.74, 6) is 0.563. The minimum absolute atomic E-state index is 0.135. The van der Waals surface area contributed by atoms with Crippen molar-refractivity contribution in [3.05, 3.63) is 89.3 Å². The maximum Gasteiger partial charge on any atom is 0.238 e. The van der Waals surface area contributed by atoms with Crippen molar-refractivity contribution < 1.29 is 13.9 Å². The van der Waals surface area contributed by atoms with Crippen LogP contribution < -0.4 is 20.9 Å². The van der Waals surface area contributed by atoms with Gasteiger partial charge in [-0.3, -0.25) is 9.69 Å². The quantitative estimate of drug-likeness (QED) is 0.290. The van der Waals surface area contributed by atoms with E-state index in [4.69, 9.17) is 9.72 Å². The average Bonchev–Trinajstić information content (AvgIpc) is 3.55. The molecule has 2 saturated heterocycles. The lowest BCUT2D eigenvalue weighted by molar-refractivity contribution is -0.128. The number of hydrogen-bond acceptors (Lipinski definition) is 5. The highest BCUT2D eigenvalue weighted by Gasteiger charge is 2.55. The number of ether oxygens (including phenoxy) is 1. The first-order valence-electron chi connectivity index (χ1n) is 17.8. The number of likely N-dealkylation sites (tertiary alicyclic amines) is 1. The van der Waals surface area contributed by atoms with E-state index < -0.39 is 11.2 Å². The third-order valence-electron chi connectivity index (χ3n) is 11.0. The van der Waals surface area contributed by atoms with Crippen LogP contribution in [0.4, 0.5) is 10.1 Å². The molecule has 6 rings (SSSR count). The van der Waals surface area contributed by atoms with E-state index in [0.717, 1.165) is 85.2 Å². The molecule has 1 aromatic heterocycles. The normalized spacial score (nSPS) is 24.1. The van der Waals surface area contributed by atoms with Gasteiger partial charge in [-0.15, -0.1) is 0 Å². The second-order valence-corrected chi connectivity index (χ2v) is 14.4. The third-order valence-corrected chi connectivity index (χ3v) is 11.0. The van der Waals surface area contributed by atoms with Crippen molar-refractivity contribution >= 4 is 28.9 Å². The van der Waals surface area contributed by atoms with Gasteiger partial charge in [-0.25, -0.2) is 9.37 Å². The maximum absolute atomic E-state index is 14.7. The number of fused-ring (bicyclic) bond motifs is 2. The number of carbonyl (C=O) groups excluding carboxylic acids is 1. The van der Waals surface area contributed by atoms with E-state index in [9.17, 15) is 9.18 Å². The number of imidazole rings is 1. The molecule has 8 heteroatoms. The molecule has 4 heterocycles. The second kappa shape index (κ2) is 14.0. The maximum atomic E-state index is 14.7. The van der Waals surface area contributed by atoms with Crippen molar-refractivity contribution in [1.82, 2.24) is 19.8 Å². The van der Waals surface area contributed by atoms with Crippen molar-refractivity contribution in [1.29, 1.82) is 0 Å². The van der Waals surface area contributed by atoms with E-state index in [0.29, 0.717) is 23.6 Å². The van der Waals surface area contributed by atoms with E-state index in [1.54, 1.807) is 12.2 Å². The topological polar surface area (TPSA) is 62.6 Å². The van der Waals surface area contributed by atoms with Gasteiger partial charge in [0, 0.05) is 23.5 Å². The Balaban J connectivity index is 1.37. The zero-order valence-corrected chi connectivity index (χ0v) is 29.4. The standard InChI is InChI=1S/C40H52FN5O2/c1-8-11-29-20-31(21-29)46-37-22-30(13-14-33(37)40(39(46)47)15-17-44(18-16-40)32-23-48-24-32)27(6)19-36-38(45(25-42-36)26(4)5)28(7)43-35(12-9-2)34(41)10-3/h9-10,12-14,19,22,25-26,29,31-32,43H,3,6,8,11,15-18,20-21,23-24H2,1-2,4-5,7H3/b12-9-,35-34-,36-19+,38-28-. The van der Waals surface area contributed by atoms with E-state index in [1.807, 2.05) is 26.3 Å². The molecule has 1 N–H and O–H groups in total. The van der Waals surface area contributed by atoms with Crippen LogP contribution in [0.5, 0.6) is 0 Å². The molecule has 1 saturated carbocycles. The van der Waals surface area contributed by atoms with Gasteiger partial charge in [0.05, 0.1) is 47.4 Å². The number of anilines is 1. The first-order valence-corrected chi connectivity index (χ1v) is 17.8. The summed E-state index contributed by atoms with van der Waals surface area (Å²) in [6, 6.07) is 7.40. The van der Waals surface area contributed by atoms with Crippen LogP contribution in [0, 0.1) is 5.92 Å². The summed E-state index contributed by atoms with van der Waals surface area (Å²) in [4.78, 5) is 24.0. The number of allylic oxidation sites excluding steroid dienone is 5. The van der Waals surface area contributed by atoms with Gasteiger partial charge in [-0.1, -0.05) is 51.1 Å². The monoisotopic (exact) mass is 653 g/mol. The Hall–Kier alpha value is -3.75. The zero-order chi connectivity index (χ0) is 34.2. The summed E-state index contributed by atoms with van der Waals surface area (Å²) in [5, 5.41) is 4.86. The summed E-state index contributed by atoms with van der Waals surface area (Å²) in [6.07, 6.45) is 14.8. The highest BCUT2D eigenvalue weighted by molar-refractivity contribution is 6.09. The highest BCUT2D eigenvalue weighted by atomic mass is 19.1. The van der Waals surface area contributed by atoms with Crippen molar-refractivity contribution in [2.45, 2.75) is 96.7 Å². The van der Waals surface area contributed by atoms with Crippen LogP contribution in [0.2, 0.25) is 0 Å². The van der Waals surface area contributed by atoms with Gasteiger partial charge in [-0.2, -0.15) is 0 Å². The van der Waals surface area contributed by atoms with Gasteiger partial charge in [0.2, 0.25) is 5.91 Å². The number of nitrogens with one attached hydrogen (secondary N) is 1. The predicted octanol–water partition coefficient (Wildman–Crippen LogP) is 6.28. The Morgan fingerprint density at radius 1 is 1.21 bits per heavy atom. The van der Waals surface area contributed by atoms with Gasteiger partial charge in [0.15, 0.2) is 0 Å². The Kier molecular flexibility index (Phi) is 9.96. The molecule has 1 aliphatic carbocycles. The van der Waals surface area contributed by atoms with Crippen LogP contribution in [0.15, 0.2) is 67.4 Å². The van der Waals surface area contributed by atoms with Gasteiger partial charge in [0.1, 0.15) is 5.83 Å². The zero-order valence-electron chi connectivity index (χ0n) is 29.4. The van der Waals surface area contributed by atoms with Crippen LogP contribution >= 0.6 is 0 Å². The van der Waals surface area contributed by atoms with Crippen LogP contribution in [-0.2, 0) is 14.9 Å². The van der Waals surface area contributed by atoms with Gasteiger partial charge in [0.25, 0.3) is 0 Å². The Morgan fingerprint density at radius 3 is 2.54 bits per heavy atom. The number of benzene rings is 1. The molecular weight excluding hydrogens is 601 g/mol. The van der Waals surface area contributed by atoms with Gasteiger partial charge < -0.3 is 19.5 Å². The molecule has 256 valence electrons. The number of nitrogens with zero attached hydrogens (tertiary/aromatic N) is 4.